The van der Waals surface area contributed by atoms with Gasteiger partial charge < -0.3 is 10.5 Å². The summed E-state index contributed by atoms with van der Waals surface area (Å²) in [5.41, 5.74) is 9.54. The van der Waals surface area contributed by atoms with Crippen molar-refractivity contribution >= 4 is 17.4 Å². The van der Waals surface area contributed by atoms with Crippen molar-refractivity contribution in [2.75, 3.05) is 12.3 Å². The van der Waals surface area contributed by atoms with Crippen molar-refractivity contribution in [3.05, 3.63) is 65.2 Å². The lowest BCUT2D eigenvalue weighted by Gasteiger charge is -2.11. The number of benzene rings is 2. The van der Waals surface area contributed by atoms with Crippen molar-refractivity contribution in [3.63, 3.8) is 0 Å². The zero-order valence-electron chi connectivity index (χ0n) is 14.4. The molecule has 0 unspecified atom stereocenters. The Morgan fingerprint density at radius 1 is 1.12 bits per heavy atom. The highest BCUT2D eigenvalue weighted by Crippen LogP contribution is 2.32. The minimum absolute atomic E-state index is 0.200. The smallest absolute Gasteiger partial charge is 0.142 e. The Labute approximate surface area is 157 Å². The summed E-state index contributed by atoms with van der Waals surface area (Å²) in [5, 5.41) is 10.1. The van der Waals surface area contributed by atoms with Crippen molar-refractivity contribution in [2.24, 2.45) is 0 Å². The second-order valence-electron chi connectivity index (χ2n) is 5.81. The summed E-state index contributed by atoms with van der Waals surface area (Å²) in [6, 6.07) is 19.0. The molecular weight excluding hydrogens is 346 g/mol. The first-order valence-corrected chi connectivity index (χ1v) is 8.70. The van der Waals surface area contributed by atoms with Crippen LogP contribution in [-0.2, 0) is 0 Å². The number of pyridine rings is 1. The lowest BCUT2D eigenvalue weighted by molar-refractivity contribution is 0.317. The predicted octanol–water partition coefficient (Wildman–Crippen LogP) is 5.31. The summed E-state index contributed by atoms with van der Waals surface area (Å²) >= 11 is 6.08. The van der Waals surface area contributed by atoms with E-state index >= 15 is 0 Å². The van der Waals surface area contributed by atoms with Crippen LogP contribution in [0.1, 0.15) is 18.9 Å². The molecule has 1 aromatic heterocycles. The molecule has 4 nitrogen and oxygen atoms in total. The number of rotatable bonds is 5. The molecule has 2 N–H and O–H groups in total. The molecule has 1 heterocycles. The summed E-state index contributed by atoms with van der Waals surface area (Å²) in [5.74, 6) is 0.998. The maximum atomic E-state index is 9.52. The van der Waals surface area contributed by atoms with E-state index in [-0.39, 0.29) is 5.82 Å². The molecule has 0 amide bonds. The quantitative estimate of drug-likeness (QED) is 0.666. The molecule has 0 saturated heterocycles. The number of halogens is 1. The van der Waals surface area contributed by atoms with E-state index in [0.29, 0.717) is 22.9 Å². The number of ether oxygens (including phenoxy) is 1. The number of hydrogen-bond acceptors (Lipinski definition) is 4. The average molecular weight is 364 g/mol. The number of hydrogen-bond donors (Lipinski definition) is 1. The second-order valence-corrected chi connectivity index (χ2v) is 6.25. The lowest BCUT2D eigenvalue weighted by Crippen LogP contribution is -2.00. The molecule has 2 aromatic carbocycles. The highest BCUT2D eigenvalue weighted by molar-refractivity contribution is 6.30. The molecule has 130 valence electrons. The fourth-order valence-corrected chi connectivity index (χ4v) is 2.85. The normalized spacial score (nSPS) is 10.3. The van der Waals surface area contributed by atoms with Crippen LogP contribution in [-0.4, -0.2) is 11.6 Å². The first kappa shape index (κ1) is 17.8. The molecule has 0 radical (unpaired) electrons. The summed E-state index contributed by atoms with van der Waals surface area (Å²) in [6.07, 6.45) is 0.949. The topological polar surface area (TPSA) is 71.9 Å². The van der Waals surface area contributed by atoms with Gasteiger partial charge >= 0.3 is 0 Å². The predicted molar refractivity (Wildman–Crippen MR) is 105 cm³/mol. The molecule has 0 atom stereocenters. The Morgan fingerprint density at radius 2 is 1.88 bits per heavy atom. The van der Waals surface area contributed by atoms with Gasteiger partial charge in [-0.25, -0.2) is 4.98 Å². The Bertz CT molecular complexity index is 962. The molecule has 0 bridgehead atoms. The van der Waals surface area contributed by atoms with E-state index in [1.807, 2.05) is 48.5 Å². The maximum absolute atomic E-state index is 9.52. The number of nitrogens with zero attached hydrogens (tertiary/aromatic N) is 2. The summed E-state index contributed by atoms with van der Waals surface area (Å²) in [7, 11) is 0. The van der Waals surface area contributed by atoms with Crippen LogP contribution in [0.3, 0.4) is 0 Å². The number of aromatic nitrogens is 1. The number of nitrogen functional groups attached to an aromatic ring is 1. The van der Waals surface area contributed by atoms with Crippen LogP contribution in [0.15, 0.2) is 54.6 Å². The molecule has 0 aliphatic heterocycles. The third-order valence-corrected chi connectivity index (χ3v) is 4.15. The molecular formula is C21H18ClN3O. The highest BCUT2D eigenvalue weighted by Gasteiger charge is 2.13. The number of nitrogens with two attached hydrogens (primary N) is 1. The monoisotopic (exact) mass is 363 g/mol. The van der Waals surface area contributed by atoms with Crippen LogP contribution in [0.2, 0.25) is 5.02 Å². The highest BCUT2D eigenvalue weighted by atomic mass is 35.5. The van der Waals surface area contributed by atoms with Crippen LogP contribution >= 0.6 is 11.6 Å². The van der Waals surface area contributed by atoms with Gasteiger partial charge in [0.25, 0.3) is 0 Å². The second kappa shape index (κ2) is 7.90. The molecule has 26 heavy (non-hydrogen) atoms. The van der Waals surface area contributed by atoms with Gasteiger partial charge in [-0.05, 0) is 42.3 Å². The SMILES string of the molecule is CCCOc1ccc(-c2cc(-c3cccc(Cl)c3)nc(N)c2C#N)cc1. The average Bonchev–Trinajstić information content (AvgIpc) is 2.66. The van der Waals surface area contributed by atoms with Crippen molar-refractivity contribution in [3.8, 4) is 34.2 Å². The van der Waals surface area contributed by atoms with E-state index in [4.69, 9.17) is 22.1 Å². The fraction of sp³-hybridized carbons (Fsp3) is 0.143. The Morgan fingerprint density at radius 3 is 2.54 bits per heavy atom. The number of anilines is 1. The van der Waals surface area contributed by atoms with Crippen molar-refractivity contribution in [1.82, 2.24) is 4.98 Å². The van der Waals surface area contributed by atoms with E-state index in [2.05, 4.69) is 18.0 Å². The van der Waals surface area contributed by atoms with E-state index < -0.39 is 0 Å². The van der Waals surface area contributed by atoms with Gasteiger partial charge in [-0.15, -0.1) is 0 Å². The van der Waals surface area contributed by atoms with Crippen LogP contribution in [0, 0.1) is 11.3 Å². The van der Waals surface area contributed by atoms with Crippen LogP contribution in [0.5, 0.6) is 5.75 Å². The molecule has 0 aliphatic rings. The first-order chi connectivity index (χ1) is 12.6. The van der Waals surface area contributed by atoms with E-state index in [1.54, 1.807) is 6.07 Å². The van der Waals surface area contributed by atoms with E-state index in [0.717, 1.165) is 28.9 Å². The zero-order valence-corrected chi connectivity index (χ0v) is 15.1. The van der Waals surface area contributed by atoms with Crippen molar-refractivity contribution < 1.29 is 4.74 Å². The first-order valence-electron chi connectivity index (χ1n) is 8.32. The zero-order chi connectivity index (χ0) is 18.5. The van der Waals surface area contributed by atoms with Crippen LogP contribution < -0.4 is 10.5 Å². The third-order valence-electron chi connectivity index (χ3n) is 3.92. The van der Waals surface area contributed by atoms with Gasteiger partial charge in [-0.1, -0.05) is 42.8 Å². The largest absolute Gasteiger partial charge is 0.494 e. The summed E-state index contributed by atoms with van der Waals surface area (Å²) < 4.78 is 5.62. The summed E-state index contributed by atoms with van der Waals surface area (Å²) in [4.78, 5) is 4.37. The Kier molecular flexibility index (Phi) is 5.40. The van der Waals surface area contributed by atoms with Gasteiger partial charge in [0.15, 0.2) is 0 Å². The van der Waals surface area contributed by atoms with E-state index in [1.165, 1.54) is 0 Å². The molecule has 0 aliphatic carbocycles. The minimum atomic E-state index is 0.200. The van der Waals surface area contributed by atoms with Gasteiger partial charge in [0.2, 0.25) is 0 Å². The van der Waals surface area contributed by atoms with Crippen molar-refractivity contribution in [2.45, 2.75) is 13.3 Å². The Balaban J connectivity index is 2.07. The lowest BCUT2D eigenvalue weighted by atomic mass is 9.98. The van der Waals surface area contributed by atoms with E-state index in [9.17, 15) is 5.26 Å². The maximum Gasteiger partial charge on any atom is 0.142 e. The van der Waals surface area contributed by atoms with Gasteiger partial charge in [0.1, 0.15) is 23.2 Å². The van der Waals surface area contributed by atoms with Gasteiger partial charge in [-0.2, -0.15) is 5.26 Å². The third kappa shape index (κ3) is 3.79. The van der Waals surface area contributed by atoms with Gasteiger partial charge in [0.05, 0.1) is 12.3 Å². The fourth-order valence-electron chi connectivity index (χ4n) is 2.66. The summed E-state index contributed by atoms with van der Waals surface area (Å²) in [6.45, 7) is 2.73. The molecule has 5 heteroatoms. The molecule has 0 fully saturated rings. The molecule has 3 rings (SSSR count). The van der Waals surface area contributed by atoms with Crippen molar-refractivity contribution in [1.29, 1.82) is 5.26 Å². The molecule has 0 spiro atoms. The minimum Gasteiger partial charge on any atom is -0.494 e. The van der Waals surface area contributed by atoms with Crippen LogP contribution in [0.4, 0.5) is 5.82 Å². The van der Waals surface area contributed by atoms with Gasteiger partial charge in [-0.3, -0.25) is 0 Å². The van der Waals surface area contributed by atoms with Gasteiger partial charge in [0, 0.05) is 16.1 Å². The van der Waals surface area contributed by atoms with Crippen LogP contribution in [0.25, 0.3) is 22.4 Å². The Hall–Kier alpha value is -3.03. The number of nitriles is 1. The molecule has 0 saturated carbocycles. The standard InChI is InChI=1S/C21H18ClN3O/c1-2-10-26-17-8-6-14(7-9-17)18-12-20(25-21(24)19(18)13-23)15-4-3-5-16(22)11-15/h3-9,11-12H,2,10H2,1H3,(H2,24,25). The molecule has 3 aromatic rings.